The van der Waals surface area contributed by atoms with Gasteiger partial charge in [0.1, 0.15) is 0 Å². The van der Waals surface area contributed by atoms with E-state index in [2.05, 4.69) is 48.1 Å². The fourth-order valence-electron chi connectivity index (χ4n) is 5.13. The van der Waals surface area contributed by atoms with Crippen LogP contribution < -0.4 is 5.73 Å². The number of nitrogens with zero attached hydrogens (tertiary/aromatic N) is 3. The summed E-state index contributed by atoms with van der Waals surface area (Å²) in [6.45, 7) is 15.7. The number of pyridine rings is 1. The second-order valence-electron chi connectivity index (χ2n) is 9.36. The minimum absolute atomic E-state index is 0.620. The third kappa shape index (κ3) is 4.82. The first-order chi connectivity index (χ1) is 15.5. The SMILES string of the molecule is C=C(CCCC)N1CCN(C(=C)c2ccc3c(Cl)c4c(nc3c2)CC(CCN)CC4)CC1. The molecule has 2 N–H and O–H groups in total. The van der Waals surface area contributed by atoms with Gasteiger partial charge in [0.15, 0.2) is 0 Å². The Morgan fingerprint density at radius 1 is 1.19 bits per heavy atom. The average molecular weight is 453 g/mol. The Bertz CT molecular complexity index is 991. The van der Waals surface area contributed by atoms with Crippen molar-refractivity contribution >= 4 is 28.2 Å². The summed E-state index contributed by atoms with van der Waals surface area (Å²) in [6.07, 6.45) is 7.74. The lowest BCUT2D eigenvalue weighted by Gasteiger charge is -2.39. The quantitative estimate of drug-likeness (QED) is 0.563. The molecular weight excluding hydrogens is 416 g/mol. The highest BCUT2D eigenvalue weighted by Gasteiger charge is 2.24. The van der Waals surface area contributed by atoms with Crippen molar-refractivity contribution in [2.45, 2.75) is 51.9 Å². The van der Waals surface area contributed by atoms with Crippen LogP contribution in [0.5, 0.6) is 0 Å². The zero-order valence-corrected chi connectivity index (χ0v) is 20.3. The van der Waals surface area contributed by atoms with Crippen LogP contribution in [0.25, 0.3) is 16.6 Å². The van der Waals surface area contributed by atoms with Crippen molar-refractivity contribution in [1.82, 2.24) is 14.8 Å². The van der Waals surface area contributed by atoms with Crippen molar-refractivity contribution in [3.8, 4) is 0 Å². The van der Waals surface area contributed by atoms with Gasteiger partial charge in [0.2, 0.25) is 0 Å². The number of unbranched alkanes of at least 4 members (excludes halogenated alkanes) is 1. The van der Waals surface area contributed by atoms with Gasteiger partial charge in [0.25, 0.3) is 0 Å². The molecule has 1 unspecified atom stereocenters. The summed E-state index contributed by atoms with van der Waals surface area (Å²) in [5, 5.41) is 1.93. The molecule has 32 heavy (non-hydrogen) atoms. The van der Waals surface area contributed by atoms with E-state index in [0.29, 0.717) is 5.92 Å². The molecule has 1 aliphatic heterocycles. The van der Waals surface area contributed by atoms with Crippen LogP contribution in [0.15, 0.2) is 37.1 Å². The molecule has 2 heterocycles. The molecule has 0 spiro atoms. The highest BCUT2D eigenvalue weighted by atomic mass is 35.5. The fraction of sp³-hybridized carbons (Fsp3) is 0.519. The van der Waals surface area contributed by atoms with Gasteiger partial charge in [-0.3, -0.25) is 4.98 Å². The molecule has 1 fully saturated rings. The Morgan fingerprint density at radius 2 is 1.94 bits per heavy atom. The zero-order chi connectivity index (χ0) is 22.7. The predicted octanol–water partition coefficient (Wildman–Crippen LogP) is 5.63. The van der Waals surface area contributed by atoms with Gasteiger partial charge in [-0.15, -0.1) is 0 Å². The molecular formula is C27H37ClN4. The van der Waals surface area contributed by atoms with E-state index in [1.807, 2.05) is 0 Å². The summed E-state index contributed by atoms with van der Waals surface area (Å²) in [7, 11) is 0. The summed E-state index contributed by atoms with van der Waals surface area (Å²) >= 11 is 6.84. The first kappa shape index (κ1) is 23.1. The van der Waals surface area contributed by atoms with Crippen LogP contribution >= 0.6 is 11.6 Å². The largest absolute Gasteiger partial charge is 0.372 e. The number of benzene rings is 1. The van der Waals surface area contributed by atoms with Gasteiger partial charge in [-0.05, 0) is 68.2 Å². The van der Waals surface area contributed by atoms with Gasteiger partial charge in [0.05, 0.1) is 10.5 Å². The summed E-state index contributed by atoms with van der Waals surface area (Å²) in [4.78, 5) is 9.88. The molecule has 1 aromatic heterocycles. The first-order valence-electron chi connectivity index (χ1n) is 12.2. The van der Waals surface area contributed by atoms with Crippen LogP contribution in [0, 0.1) is 5.92 Å². The maximum Gasteiger partial charge on any atom is 0.0727 e. The maximum atomic E-state index is 6.84. The van der Waals surface area contributed by atoms with Crippen LogP contribution in [-0.4, -0.2) is 47.5 Å². The Balaban J connectivity index is 1.49. The second-order valence-corrected chi connectivity index (χ2v) is 9.74. The molecule has 5 heteroatoms. The van der Waals surface area contributed by atoms with Crippen molar-refractivity contribution in [3.05, 3.63) is 58.9 Å². The maximum absolute atomic E-state index is 6.84. The first-order valence-corrected chi connectivity index (χ1v) is 12.6. The van der Waals surface area contributed by atoms with Gasteiger partial charge in [-0.2, -0.15) is 0 Å². The lowest BCUT2D eigenvalue weighted by molar-refractivity contribution is 0.209. The van der Waals surface area contributed by atoms with Gasteiger partial charge in [-0.1, -0.05) is 50.2 Å². The van der Waals surface area contributed by atoms with Crippen LogP contribution in [0.4, 0.5) is 0 Å². The Morgan fingerprint density at radius 3 is 2.66 bits per heavy atom. The van der Waals surface area contributed by atoms with Crippen molar-refractivity contribution in [2.24, 2.45) is 11.7 Å². The summed E-state index contributed by atoms with van der Waals surface area (Å²) < 4.78 is 0. The lowest BCUT2D eigenvalue weighted by atomic mass is 9.84. The van der Waals surface area contributed by atoms with E-state index >= 15 is 0 Å². The molecule has 2 aromatic rings. The number of nitrogens with two attached hydrogens (primary N) is 1. The number of hydrogen-bond acceptors (Lipinski definition) is 4. The highest BCUT2D eigenvalue weighted by Crippen LogP contribution is 2.36. The molecule has 1 aliphatic carbocycles. The third-order valence-electron chi connectivity index (χ3n) is 7.22. The fourth-order valence-corrected chi connectivity index (χ4v) is 5.50. The second kappa shape index (κ2) is 10.3. The molecule has 4 rings (SSSR count). The lowest BCUT2D eigenvalue weighted by Crippen LogP contribution is -2.44. The predicted molar refractivity (Wildman–Crippen MR) is 137 cm³/mol. The van der Waals surface area contributed by atoms with Gasteiger partial charge < -0.3 is 15.5 Å². The normalized spacial score (nSPS) is 18.7. The van der Waals surface area contributed by atoms with Gasteiger partial charge >= 0.3 is 0 Å². The van der Waals surface area contributed by atoms with E-state index in [4.69, 9.17) is 22.3 Å². The van der Waals surface area contributed by atoms with Gasteiger partial charge in [0, 0.05) is 48.7 Å². The van der Waals surface area contributed by atoms with E-state index in [9.17, 15) is 0 Å². The van der Waals surface area contributed by atoms with Crippen molar-refractivity contribution in [1.29, 1.82) is 0 Å². The standard InChI is InChI=1S/C27H37ClN4/c1-4-5-6-19(2)31-13-15-32(16-14-31)20(3)22-8-10-24-26(18-22)30-25-17-21(11-12-29)7-9-23(25)27(24)28/h8,10,18,21H,2-7,9,11-17,29H2,1H3. The number of fused-ring (bicyclic) bond motifs is 2. The molecule has 1 atom stereocenters. The number of halogens is 1. The summed E-state index contributed by atoms with van der Waals surface area (Å²) in [5.41, 5.74) is 12.7. The number of piperazine rings is 1. The number of aromatic nitrogens is 1. The minimum atomic E-state index is 0.620. The molecule has 0 saturated carbocycles. The van der Waals surface area contributed by atoms with Crippen LogP contribution in [0.3, 0.4) is 0 Å². The average Bonchev–Trinajstić information content (AvgIpc) is 2.82. The van der Waals surface area contributed by atoms with Crippen LogP contribution in [-0.2, 0) is 12.8 Å². The molecule has 0 bridgehead atoms. The summed E-state index contributed by atoms with van der Waals surface area (Å²) in [6, 6.07) is 6.44. The van der Waals surface area contributed by atoms with E-state index < -0.39 is 0 Å². The molecule has 0 amide bonds. The minimum Gasteiger partial charge on any atom is -0.372 e. The van der Waals surface area contributed by atoms with Crippen LogP contribution in [0.2, 0.25) is 5.02 Å². The Labute approximate surface area is 198 Å². The topological polar surface area (TPSA) is 45.4 Å². The monoisotopic (exact) mass is 452 g/mol. The number of rotatable bonds is 8. The van der Waals surface area contributed by atoms with E-state index in [1.54, 1.807) is 0 Å². The third-order valence-corrected chi connectivity index (χ3v) is 7.65. The summed E-state index contributed by atoms with van der Waals surface area (Å²) in [5.74, 6) is 0.620. The van der Waals surface area contributed by atoms with Crippen molar-refractivity contribution in [2.75, 3.05) is 32.7 Å². The molecule has 172 valence electrons. The molecule has 2 aliphatic rings. The van der Waals surface area contributed by atoms with Gasteiger partial charge in [-0.25, -0.2) is 0 Å². The highest BCUT2D eigenvalue weighted by molar-refractivity contribution is 6.36. The van der Waals surface area contributed by atoms with E-state index in [0.717, 1.165) is 97.7 Å². The van der Waals surface area contributed by atoms with Crippen LogP contribution in [0.1, 0.15) is 55.8 Å². The Kier molecular flexibility index (Phi) is 7.42. The van der Waals surface area contributed by atoms with Crippen molar-refractivity contribution in [3.63, 3.8) is 0 Å². The van der Waals surface area contributed by atoms with E-state index in [1.165, 1.54) is 24.1 Å². The molecule has 4 nitrogen and oxygen atoms in total. The molecule has 1 aromatic carbocycles. The Hall–Kier alpha value is -2.04. The smallest absolute Gasteiger partial charge is 0.0727 e. The number of allylic oxidation sites excluding steroid dienone is 1. The number of hydrogen-bond donors (Lipinski definition) is 1. The zero-order valence-electron chi connectivity index (χ0n) is 19.5. The van der Waals surface area contributed by atoms with Crippen molar-refractivity contribution < 1.29 is 0 Å². The molecule has 0 radical (unpaired) electrons. The molecule has 1 saturated heterocycles. The van der Waals surface area contributed by atoms with E-state index in [-0.39, 0.29) is 0 Å².